The fourth-order valence-corrected chi connectivity index (χ4v) is 4.23. The number of nitrogens with zero attached hydrogens (tertiary/aromatic N) is 2. The van der Waals surface area contributed by atoms with Crippen LogP contribution in [-0.2, 0) is 20.7 Å². The van der Waals surface area contributed by atoms with Crippen molar-refractivity contribution in [1.82, 2.24) is 4.98 Å². The standard InChI is InChI=1S/C24H25N3O4S/c1-15-4-6-18(10-16(15)2)25-22(28)12-27-20-11-17(5-7-21(20)31-13-24(27)29)19-14-32-23(26-19)8-9-30-3/h4-7,10-11,14H,8-9,12-13H2,1-3H3,(H,25,28). The first-order valence-electron chi connectivity index (χ1n) is 10.3. The highest BCUT2D eigenvalue weighted by Gasteiger charge is 2.28. The van der Waals surface area contributed by atoms with Crippen molar-refractivity contribution in [1.29, 1.82) is 0 Å². The maximum atomic E-state index is 12.7. The van der Waals surface area contributed by atoms with Crippen LogP contribution in [0, 0.1) is 13.8 Å². The average molecular weight is 452 g/mol. The van der Waals surface area contributed by atoms with E-state index in [0.29, 0.717) is 23.7 Å². The van der Waals surface area contributed by atoms with Crippen LogP contribution in [0.2, 0.25) is 0 Å². The predicted molar refractivity (Wildman–Crippen MR) is 126 cm³/mol. The molecule has 0 saturated heterocycles. The molecule has 0 atom stereocenters. The summed E-state index contributed by atoms with van der Waals surface area (Å²) in [5.74, 6) is 0.0430. The second kappa shape index (κ2) is 9.50. The summed E-state index contributed by atoms with van der Waals surface area (Å²) in [5, 5.41) is 5.85. The molecule has 0 saturated carbocycles. The molecule has 166 valence electrons. The summed E-state index contributed by atoms with van der Waals surface area (Å²) < 4.78 is 10.7. The van der Waals surface area contributed by atoms with Crippen LogP contribution in [0.15, 0.2) is 41.8 Å². The van der Waals surface area contributed by atoms with E-state index in [1.807, 2.05) is 55.6 Å². The van der Waals surface area contributed by atoms with Gasteiger partial charge in [0.05, 0.1) is 23.0 Å². The summed E-state index contributed by atoms with van der Waals surface area (Å²) in [4.78, 5) is 31.5. The van der Waals surface area contributed by atoms with Gasteiger partial charge in [0, 0.05) is 30.2 Å². The zero-order chi connectivity index (χ0) is 22.7. The van der Waals surface area contributed by atoms with E-state index in [2.05, 4.69) is 10.3 Å². The lowest BCUT2D eigenvalue weighted by Gasteiger charge is -2.29. The van der Waals surface area contributed by atoms with Gasteiger partial charge in [-0.2, -0.15) is 0 Å². The number of anilines is 2. The Morgan fingerprint density at radius 3 is 2.84 bits per heavy atom. The number of carbonyl (C=O) groups is 2. The number of methoxy groups -OCH3 is 1. The third-order valence-electron chi connectivity index (χ3n) is 5.36. The zero-order valence-corrected chi connectivity index (χ0v) is 19.1. The van der Waals surface area contributed by atoms with Crippen molar-refractivity contribution in [2.45, 2.75) is 20.3 Å². The lowest BCUT2D eigenvalue weighted by molar-refractivity contribution is -0.123. The molecule has 0 radical (unpaired) electrons. The molecule has 2 amide bonds. The maximum absolute atomic E-state index is 12.7. The molecule has 32 heavy (non-hydrogen) atoms. The molecule has 1 N–H and O–H groups in total. The van der Waals surface area contributed by atoms with Crippen LogP contribution in [0.25, 0.3) is 11.3 Å². The number of nitrogens with one attached hydrogen (secondary N) is 1. The van der Waals surface area contributed by atoms with Crippen molar-refractivity contribution in [2.24, 2.45) is 0 Å². The number of fused-ring (bicyclic) bond motifs is 1. The number of benzene rings is 2. The van der Waals surface area contributed by atoms with Crippen LogP contribution in [-0.4, -0.2) is 43.7 Å². The Kier molecular flexibility index (Phi) is 6.53. The van der Waals surface area contributed by atoms with E-state index in [1.165, 1.54) is 4.90 Å². The van der Waals surface area contributed by atoms with E-state index < -0.39 is 0 Å². The minimum absolute atomic E-state index is 0.0955. The van der Waals surface area contributed by atoms with Crippen molar-refractivity contribution < 1.29 is 19.1 Å². The number of thiazole rings is 1. The van der Waals surface area contributed by atoms with E-state index in [0.717, 1.165) is 33.8 Å². The van der Waals surface area contributed by atoms with Gasteiger partial charge in [0.1, 0.15) is 12.3 Å². The molecule has 7 nitrogen and oxygen atoms in total. The fourth-order valence-electron chi connectivity index (χ4n) is 3.45. The molecule has 0 aliphatic carbocycles. The van der Waals surface area contributed by atoms with E-state index >= 15 is 0 Å². The van der Waals surface area contributed by atoms with Crippen LogP contribution < -0.4 is 15.0 Å². The van der Waals surface area contributed by atoms with E-state index in [9.17, 15) is 9.59 Å². The van der Waals surface area contributed by atoms with Gasteiger partial charge < -0.3 is 14.8 Å². The van der Waals surface area contributed by atoms with Crippen LogP contribution in [0.1, 0.15) is 16.1 Å². The number of amides is 2. The molecule has 1 aliphatic heterocycles. The fraction of sp³-hybridized carbons (Fsp3) is 0.292. The second-order valence-electron chi connectivity index (χ2n) is 7.67. The van der Waals surface area contributed by atoms with Crippen LogP contribution in [0.5, 0.6) is 5.75 Å². The highest BCUT2D eigenvalue weighted by atomic mass is 32.1. The first-order chi connectivity index (χ1) is 15.4. The minimum Gasteiger partial charge on any atom is -0.482 e. The molecular weight excluding hydrogens is 426 g/mol. The molecule has 0 fully saturated rings. The average Bonchev–Trinajstić information content (AvgIpc) is 3.25. The lowest BCUT2D eigenvalue weighted by Crippen LogP contribution is -2.43. The number of carbonyl (C=O) groups excluding carboxylic acids is 2. The van der Waals surface area contributed by atoms with Crippen molar-refractivity contribution in [3.05, 3.63) is 57.9 Å². The Balaban J connectivity index is 1.54. The summed E-state index contributed by atoms with van der Waals surface area (Å²) in [6, 6.07) is 11.3. The quantitative estimate of drug-likeness (QED) is 0.588. The largest absolute Gasteiger partial charge is 0.482 e. The summed E-state index contributed by atoms with van der Waals surface area (Å²) >= 11 is 1.57. The summed E-state index contributed by atoms with van der Waals surface area (Å²) in [6.45, 7) is 4.43. The van der Waals surface area contributed by atoms with Crippen molar-refractivity contribution >= 4 is 34.5 Å². The molecule has 1 aromatic heterocycles. The highest BCUT2D eigenvalue weighted by Crippen LogP contribution is 2.36. The van der Waals surface area contributed by atoms with Crippen molar-refractivity contribution in [2.75, 3.05) is 37.1 Å². The topological polar surface area (TPSA) is 80.8 Å². The van der Waals surface area contributed by atoms with Gasteiger partial charge in [-0.3, -0.25) is 14.5 Å². The van der Waals surface area contributed by atoms with Gasteiger partial charge in [-0.05, 0) is 55.3 Å². The molecule has 2 heterocycles. The molecule has 1 aliphatic rings. The van der Waals surface area contributed by atoms with Crippen LogP contribution in [0.3, 0.4) is 0 Å². The Morgan fingerprint density at radius 2 is 2.06 bits per heavy atom. The first kappa shape index (κ1) is 22.0. The van der Waals surface area contributed by atoms with Gasteiger partial charge in [-0.25, -0.2) is 4.98 Å². The van der Waals surface area contributed by atoms with Gasteiger partial charge in [0.2, 0.25) is 5.91 Å². The van der Waals surface area contributed by atoms with Crippen LogP contribution >= 0.6 is 11.3 Å². The Morgan fingerprint density at radius 1 is 1.22 bits per heavy atom. The summed E-state index contributed by atoms with van der Waals surface area (Å²) in [6.07, 6.45) is 0.748. The van der Waals surface area contributed by atoms with Gasteiger partial charge >= 0.3 is 0 Å². The molecule has 0 spiro atoms. The highest BCUT2D eigenvalue weighted by molar-refractivity contribution is 7.09. The smallest absolute Gasteiger partial charge is 0.265 e. The molecule has 0 unspecified atom stereocenters. The second-order valence-corrected chi connectivity index (χ2v) is 8.61. The Hall–Kier alpha value is -3.23. The number of hydrogen-bond donors (Lipinski definition) is 1. The van der Waals surface area contributed by atoms with Crippen molar-refractivity contribution in [3.63, 3.8) is 0 Å². The molecular formula is C24H25N3O4S. The SMILES string of the molecule is COCCc1nc(-c2ccc3c(c2)N(CC(=O)Nc2ccc(C)c(C)c2)C(=O)CO3)cs1. The lowest BCUT2D eigenvalue weighted by atomic mass is 10.1. The number of ether oxygens (including phenoxy) is 2. The third kappa shape index (κ3) is 4.81. The van der Waals surface area contributed by atoms with Gasteiger partial charge in [0.15, 0.2) is 6.61 Å². The Bertz CT molecular complexity index is 1160. The molecule has 4 rings (SSSR count). The van der Waals surface area contributed by atoms with E-state index in [1.54, 1.807) is 18.4 Å². The molecule has 2 aromatic carbocycles. The number of aryl methyl sites for hydroxylation is 2. The number of aromatic nitrogens is 1. The summed E-state index contributed by atoms with van der Waals surface area (Å²) in [5.41, 5.74) is 5.20. The van der Waals surface area contributed by atoms with Gasteiger partial charge in [0.25, 0.3) is 5.91 Å². The first-order valence-corrected chi connectivity index (χ1v) is 11.2. The predicted octanol–water partition coefficient (Wildman–Crippen LogP) is 3.98. The normalized spacial score (nSPS) is 13.0. The molecule has 0 bridgehead atoms. The van der Waals surface area contributed by atoms with E-state index in [4.69, 9.17) is 9.47 Å². The zero-order valence-electron chi connectivity index (χ0n) is 18.3. The van der Waals surface area contributed by atoms with E-state index in [-0.39, 0.29) is 25.0 Å². The Labute approximate surface area is 191 Å². The van der Waals surface area contributed by atoms with Crippen molar-refractivity contribution in [3.8, 4) is 17.0 Å². The number of rotatable bonds is 7. The molecule has 3 aromatic rings. The van der Waals surface area contributed by atoms with Gasteiger partial charge in [-0.1, -0.05) is 6.07 Å². The van der Waals surface area contributed by atoms with Gasteiger partial charge in [-0.15, -0.1) is 11.3 Å². The summed E-state index contributed by atoms with van der Waals surface area (Å²) in [7, 11) is 1.67. The maximum Gasteiger partial charge on any atom is 0.265 e. The number of hydrogen-bond acceptors (Lipinski definition) is 6. The monoisotopic (exact) mass is 451 g/mol. The molecule has 8 heteroatoms. The third-order valence-corrected chi connectivity index (χ3v) is 6.27. The minimum atomic E-state index is -0.268. The van der Waals surface area contributed by atoms with Crippen LogP contribution in [0.4, 0.5) is 11.4 Å².